The van der Waals surface area contributed by atoms with Gasteiger partial charge in [0.2, 0.25) is 5.91 Å². The smallest absolute Gasteiger partial charge is 0.237 e. The minimum absolute atomic E-state index is 0.0343. The van der Waals surface area contributed by atoms with Gasteiger partial charge in [-0.1, -0.05) is 24.6 Å². The van der Waals surface area contributed by atoms with Gasteiger partial charge in [0.1, 0.15) is 5.82 Å². The van der Waals surface area contributed by atoms with Crippen LogP contribution in [0.25, 0.3) is 0 Å². The maximum absolute atomic E-state index is 13.3. The predicted octanol–water partition coefficient (Wildman–Crippen LogP) is 1.58. The van der Waals surface area contributed by atoms with E-state index in [9.17, 15) is 9.18 Å². The standard InChI is InChI=1S/C13H17FN2O/c14-11-6-2-1-5-10(11)9-16-13(17)12-7-3-4-8-15-12/h1-2,5-6,12,15H,3-4,7-9H2,(H,16,17)/t12-/m0/s1. The molecule has 0 aliphatic carbocycles. The van der Waals surface area contributed by atoms with Crippen LogP contribution in [0, 0.1) is 5.82 Å². The first-order valence-electron chi connectivity index (χ1n) is 6.02. The topological polar surface area (TPSA) is 41.1 Å². The monoisotopic (exact) mass is 236 g/mol. The third-order valence-corrected chi connectivity index (χ3v) is 3.04. The molecular weight excluding hydrogens is 219 g/mol. The molecule has 92 valence electrons. The zero-order valence-electron chi connectivity index (χ0n) is 9.71. The largest absolute Gasteiger partial charge is 0.351 e. The molecule has 2 rings (SSSR count). The average molecular weight is 236 g/mol. The summed E-state index contributed by atoms with van der Waals surface area (Å²) in [5, 5.41) is 5.93. The highest BCUT2D eigenvalue weighted by molar-refractivity contribution is 5.81. The number of hydrogen-bond acceptors (Lipinski definition) is 2. The second kappa shape index (κ2) is 5.77. The summed E-state index contributed by atoms with van der Waals surface area (Å²) < 4.78 is 13.3. The summed E-state index contributed by atoms with van der Waals surface area (Å²) in [7, 11) is 0. The number of halogens is 1. The highest BCUT2D eigenvalue weighted by Crippen LogP contribution is 2.08. The Morgan fingerprint density at radius 3 is 2.94 bits per heavy atom. The normalized spacial score (nSPS) is 19.9. The number of benzene rings is 1. The van der Waals surface area contributed by atoms with Crippen LogP contribution in [0.1, 0.15) is 24.8 Å². The lowest BCUT2D eigenvalue weighted by molar-refractivity contribution is -0.123. The van der Waals surface area contributed by atoms with Crippen molar-refractivity contribution in [3.8, 4) is 0 Å². The summed E-state index contributed by atoms with van der Waals surface area (Å²) in [6, 6.07) is 6.38. The molecule has 4 heteroatoms. The molecule has 1 aliphatic heterocycles. The number of hydrogen-bond donors (Lipinski definition) is 2. The van der Waals surface area contributed by atoms with Gasteiger partial charge in [-0.2, -0.15) is 0 Å². The van der Waals surface area contributed by atoms with Gasteiger partial charge in [0.05, 0.1) is 6.04 Å². The molecule has 17 heavy (non-hydrogen) atoms. The molecule has 1 amide bonds. The van der Waals surface area contributed by atoms with Crippen molar-refractivity contribution >= 4 is 5.91 Å². The fourth-order valence-corrected chi connectivity index (χ4v) is 2.02. The number of amides is 1. The van der Waals surface area contributed by atoms with Crippen LogP contribution >= 0.6 is 0 Å². The van der Waals surface area contributed by atoms with Gasteiger partial charge in [-0.05, 0) is 25.5 Å². The van der Waals surface area contributed by atoms with Crippen LogP contribution in [-0.2, 0) is 11.3 Å². The van der Waals surface area contributed by atoms with E-state index < -0.39 is 0 Å². The Morgan fingerprint density at radius 2 is 2.24 bits per heavy atom. The van der Waals surface area contributed by atoms with E-state index in [-0.39, 0.29) is 24.3 Å². The van der Waals surface area contributed by atoms with Crippen LogP contribution in [-0.4, -0.2) is 18.5 Å². The van der Waals surface area contributed by atoms with Crippen molar-refractivity contribution < 1.29 is 9.18 Å². The van der Waals surface area contributed by atoms with Crippen molar-refractivity contribution in [1.29, 1.82) is 0 Å². The maximum Gasteiger partial charge on any atom is 0.237 e. The molecule has 1 aromatic rings. The van der Waals surface area contributed by atoms with Crippen molar-refractivity contribution in [3.05, 3.63) is 35.6 Å². The van der Waals surface area contributed by atoms with Crippen LogP contribution < -0.4 is 10.6 Å². The molecule has 0 unspecified atom stereocenters. The van der Waals surface area contributed by atoms with Crippen molar-refractivity contribution in [1.82, 2.24) is 10.6 Å². The summed E-state index contributed by atoms with van der Waals surface area (Å²) in [5.41, 5.74) is 0.525. The van der Waals surface area contributed by atoms with Crippen LogP contribution in [0.15, 0.2) is 24.3 Å². The van der Waals surface area contributed by atoms with E-state index in [2.05, 4.69) is 10.6 Å². The zero-order chi connectivity index (χ0) is 12.1. The molecule has 2 N–H and O–H groups in total. The third kappa shape index (κ3) is 3.27. The van der Waals surface area contributed by atoms with Gasteiger partial charge >= 0.3 is 0 Å². The Balaban J connectivity index is 1.85. The Bertz CT molecular complexity index is 389. The SMILES string of the molecule is O=C(NCc1ccccc1F)[C@@H]1CCCCN1. The van der Waals surface area contributed by atoms with E-state index in [1.807, 2.05) is 0 Å². The number of carbonyl (C=O) groups is 1. The molecule has 0 bridgehead atoms. The lowest BCUT2D eigenvalue weighted by atomic mass is 10.0. The molecule has 1 heterocycles. The minimum Gasteiger partial charge on any atom is -0.351 e. The summed E-state index contributed by atoms with van der Waals surface area (Å²) in [5.74, 6) is -0.308. The predicted molar refractivity (Wildman–Crippen MR) is 63.9 cm³/mol. The quantitative estimate of drug-likeness (QED) is 0.836. The fourth-order valence-electron chi connectivity index (χ4n) is 2.02. The van der Waals surface area contributed by atoms with E-state index in [0.717, 1.165) is 25.8 Å². The van der Waals surface area contributed by atoms with Crippen LogP contribution in [0.4, 0.5) is 4.39 Å². The highest BCUT2D eigenvalue weighted by Gasteiger charge is 2.20. The summed E-state index contributed by atoms with van der Waals surface area (Å²) >= 11 is 0. The van der Waals surface area contributed by atoms with Gasteiger partial charge in [0.25, 0.3) is 0 Å². The van der Waals surface area contributed by atoms with Crippen LogP contribution in [0.5, 0.6) is 0 Å². The summed E-state index contributed by atoms with van der Waals surface area (Å²) in [6.07, 6.45) is 3.06. The minimum atomic E-state index is -0.274. The molecule has 0 saturated carbocycles. The summed E-state index contributed by atoms with van der Waals surface area (Å²) in [6.45, 7) is 1.14. The maximum atomic E-state index is 13.3. The first kappa shape index (κ1) is 12.0. The average Bonchev–Trinajstić information content (AvgIpc) is 2.38. The molecule has 3 nitrogen and oxygen atoms in total. The molecule has 0 radical (unpaired) electrons. The van der Waals surface area contributed by atoms with E-state index in [0.29, 0.717) is 5.56 Å². The number of carbonyl (C=O) groups excluding carboxylic acids is 1. The van der Waals surface area contributed by atoms with Gasteiger partial charge in [-0.15, -0.1) is 0 Å². The first-order chi connectivity index (χ1) is 8.27. The summed E-state index contributed by atoms with van der Waals surface area (Å²) in [4.78, 5) is 11.8. The molecule has 1 atom stereocenters. The Morgan fingerprint density at radius 1 is 1.41 bits per heavy atom. The highest BCUT2D eigenvalue weighted by atomic mass is 19.1. The second-order valence-electron chi connectivity index (χ2n) is 4.31. The Hall–Kier alpha value is -1.42. The third-order valence-electron chi connectivity index (χ3n) is 3.04. The fraction of sp³-hybridized carbons (Fsp3) is 0.462. The number of nitrogens with one attached hydrogen (secondary N) is 2. The molecule has 1 saturated heterocycles. The van der Waals surface area contributed by atoms with Gasteiger partial charge in [0.15, 0.2) is 0 Å². The van der Waals surface area contributed by atoms with Gasteiger partial charge < -0.3 is 10.6 Å². The second-order valence-corrected chi connectivity index (χ2v) is 4.31. The molecule has 0 spiro atoms. The van der Waals surface area contributed by atoms with Gasteiger partial charge in [0, 0.05) is 12.1 Å². The van der Waals surface area contributed by atoms with Gasteiger partial charge in [-0.25, -0.2) is 4.39 Å². The van der Waals surface area contributed by atoms with Crippen molar-refractivity contribution in [3.63, 3.8) is 0 Å². The lowest BCUT2D eigenvalue weighted by Crippen LogP contribution is -2.46. The van der Waals surface area contributed by atoms with Gasteiger partial charge in [-0.3, -0.25) is 4.79 Å². The van der Waals surface area contributed by atoms with E-state index in [1.165, 1.54) is 6.07 Å². The van der Waals surface area contributed by atoms with Crippen molar-refractivity contribution in [2.24, 2.45) is 0 Å². The molecule has 1 fully saturated rings. The van der Waals surface area contributed by atoms with Crippen molar-refractivity contribution in [2.45, 2.75) is 31.8 Å². The Kier molecular flexibility index (Phi) is 4.09. The number of piperidine rings is 1. The first-order valence-corrected chi connectivity index (χ1v) is 6.02. The molecule has 1 aromatic carbocycles. The van der Waals surface area contributed by atoms with Crippen molar-refractivity contribution in [2.75, 3.05) is 6.54 Å². The zero-order valence-corrected chi connectivity index (χ0v) is 9.71. The van der Waals surface area contributed by atoms with E-state index in [1.54, 1.807) is 18.2 Å². The molecular formula is C13H17FN2O. The van der Waals surface area contributed by atoms with Crippen LogP contribution in [0.2, 0.25) is 0 Å². The lowest BCUT2D eigenvalue weighted by Gasteiger charge is -2.22. The van der Waals surface area contributed by atoms with Crippen LogP contribution in [0.3, 0.4) is 0 Å². The van der Waals surface area contributed by atoms with E-state index in [4.69, 9.17) is 0 Å². The van der Waals surface area contributed by atoms with E-state index >= 15 is 0 Å². The molecule has 0 aromatic heterocycles. The molecule has 1 aliphatic rings. The number of rotatable bonds is 3. The Labute approximate surface area is 100 Å².